The molecule has 3 rings (SSSR count). The third-order valence-corrected chi connectivity index (χ3v) is 3.32. The second kappa shape index (κ2) is 4.92. The Morgan fingerprint density at radius 1 is 1.63 bits per heavy atom. The normalized spacial score (nSPS) is 26.7. The van der Waals surface area contributed by atoms with E-state index in [2.05, 4.69) is 16.1 Å². The Hall–Kier alpha value is -1.43. The first kappa shape index (κ1) is 12.6. The van der Waals surface area contributed by atoms with E-state index in [4.69, 9.17) is 21.1 Å². The molecule has 1 fully saturated rings. The van der Waals surface area contributed by atoms with Gasteiger partial charge in [-0.25, -0.2) is 9.67 Å². The Bertz CT molecular complexity index is 561. The lowest BCUT2D eigenvalue weighted by atomic mass is 10.1. The highest BCUT2D eigenvalue weighted by Gasteiger charge is 2.43. The smallest absolute Gasteiger partial charge is 0.217 e. The number of hydrogen-bond acceptors (Lipinski definition) is 4. The summed E-state index contributed by atoms with van der Waals surface area (Å²) in [5.74, 6) is -0.917. The van der Waals surface area contributed by atoms with Gasteiger partial charge in [0, 0.05) is 10.6 Å². The first-order valence-electron chi connectivity index (χ1n) is 6.00. The molecule has 2 aromatic rings. The predicted octanol–water partition coefficient (Wildman–Crippen LogP) is 2.02. The second-order valence-corrected chi connectivity index (χ2v) is 4.90. The quantitative estimate of drug-likeness (QED) is 0.862. The molecule has 0 spiro atoms. The molecule has 2 heterocycles. The molecule has 0 unspecified atom stereocenters. The lowest BCUT2D eigenvalue weighted by Crippen LogP contribution is -2.34. The molecule has 5 nitrogen and oxygen atoms in total. The van der Waals surface area contributed by atoms with Crippen LogP contribution in [0, 0.1) is 6.07 Å². The average Bonchev–Trinajstić information content (AvgIpc) is 3.01. The van der Waals surface area contributed by atoms with Crippen LogP contribution in [0.3, 0.4) is 0 Å². The lowest BCUT2D eigenvalue weighted by molar-refractivity contribution is -0.186. The molecular weight excluding hydrogens is 266 g/mol. The van der Waals surface area contributed by atoms with E-state index >= 15 is 0 Å². The van der Waals surface area contributed by atoms with Gasteiger partial charge >= 0.3 is 0 Å². The number of ether oxygens (including phenoxy) is 2. The standard InChI is InChI=1S/C13H13ClN3O2/c1-10-6-18-13(19-10,7-17-9-15-8-16-17)11-4-2-3-5-12(11)14/h2,4-5,8-10H,6-7H2,1H3/t10-,13-/m0/s1. The zero-order valence-corrected chi connectivity index (χ0v) is 11.2. The predicted molar refractivity (Wildman–Crippen MR) is 68.5 cm³/mol. The molecular formula is C13H13ClN3O2. The van der Waals surface area contributed by atoms with Crippen LogP contribution in [0.25, 0.3) is 0 Å². The van der Waals surface area contributed by atoms with Crippen LogP contribution in [0.5, 0.6) is 0 Å². The van der Waals surface area contributed by atoms with Gasteiger partial charge < -0.3 is 9.47 Å². The van der Waals surface area contributed by atoms with E-state index in [1.54, 1.807) is 23.1 Å². The molecule has 0 aliphatic carbocycles. The molecule has 1 saturated heterocycles. The topological polar surface area (TPSA) is 49.2 Å². The van der Waals surface area contributed by atoms with Crippen LogP contribution in [0.4, 0.5) is 0 Å². The van der Waals surface area contributed by atoms with Crippen molar-refractivity contribution in [2.45, 2.75) is 25.4 Å². The van der Waals surface area contributed by atoms with Crippen LogP contribution in [0.1, 0.15) is 12.5 Å². The lowest BCUT2D eigenvalue weighted by Gasteiger charge is -2.28. The second-order valence-electron chi connectivity index (χ2n) is 4.49. The zero-order chi connectivity index (χ0) is 13.3. The fourth-order valence-electron chi connectivity index (χ4n) is 2.20. The van der Waals surface area contributed by atoms with E-state index in [0.29, 0.717) is 18.2 Å². The summed E-state index contributed by atoms with van der Waals surface area (Å²) < 4.78 is 13.5. The van der Waals surface area contributed by atoms with Gasteiger partial charge in [0.2, 0.25) is 5.79 Å². The van der Waals surface area contributed by atoms with Crippen molar-refractivity contribution in [1.29, 1.82) is 0 Å². The molecule has 1 aliphatic heterocycles. The molecule has 6 heteroatoms. The molecule has 1 radical (unpaired) electrons. The summed E-state index contributed by atoms with van der Waals surface area (Å²) in [4.78, 5) is 3.93. The fraction of sp³-hybridized carbons (Fsp3) is 0.385. The van der Waals surface area contributed by atoms with Gasteiger partial charge in [-0.3, -0.25) is 0 Å². The molecule has 1 aliphatic rings. The number of nitrogens with zero attached hydrogens (tertiary/aromatic N) is 3. The average molecular weight is 279 g/mol. The minimum Gasteiger partial charge on any atom is -0.342 e. The van der Waals surface area contributed by atoms with Crippen LogP contribution >= 0.6 is 11.6 Å². The van der Waals surface area contributed by atoms with Gasteiger partial charge in [-0.05, 0) is 19.1 Å². The van der Waals surface area contributed by atoms with E-state index in [9.17, 15) is 0 Å². The number of benzene rings is 1. The van der Waals surface area contributed by atoms with Gasteiger partial charge in [0.15, 0.2) is 0 Å². The molecule has 0 amide bonds. The maximum absolute atomic E-state index is 6.25. The Morgan fingerprint density at radius 3 is 3.16 bits per heavy atom. The summed E-state index contributed by atoms with van der Waals surface area (Å²) in [6.45, 7) is 2.89. The molecule has 0 saturated carbocycles. The highest BCUT2D eigenvalue weighted by atomic mass is 35.5. The summed E-state index contributed by atoms with van der Waals surface area (Å²) in [6, 6.07) is 8.29. The Labute approximate surface area is 116 Å². The molecule has 1 aromatic carbocycles. The third kappa shape index (κ3) is 2.36. The largest absolute Gasteiger partial charge is 0.342 e. The summed E-state index contributed by atoms with van der Waals surface area (Å²) in [7, 11) is 0. The van der Waals surface area contributed by atoms with Crippen molar-refractivity contribution in [1.82, 2.24) is 14.8 Å². The van der Waals surface area contributed by atoms with Gasteiger partial charge in [0.05, 0.1) is 12.7 Å². The van der Waals surface area contributed by atoms with Crippen LogP contribution in [-0.4, -0.2) is 27.5 Å². The molecule has 1 aromatic heterocycles. The van der Waals surface area contributed by atoms with E-state index in [0.717, 1.165) is 5.56 Å². The van der Waals surface area contributed by atoms with Gasteiger partial charge in [-0.2, -0.15) is 5.10 Å². The van der Waals surface area contributed by atoms with Gasteiger partial charge in [0.25, 0.3) is 0 Å². The SMILES string of the molecule is C[C@H]1CO[C@](Cn2cncn2)(c2cc[c]cc2Cl)O1. The molecule has 0 bridgehead atoms. The maximum atomic E-state index is 6.25. The monoisotopic (exact) mass is 278 g/mol. The van der Waals surface area contributed by atoms with Crippen LogP contribution in [0.15, 0.2) is 30.9 Å². The molecule has 99 valence electrons. The summed E-state index contributed by atoms with van der Waals surface area (Å²) in [5, 5.41) is 4.67. The van der Waals surface area contributed by atoms with E-state index < -0.39 is 5.79 Å². The molecule has 19 heavy (non-hydrogen) atoms. The van der Waals surface area contributed by atoms with Crippen molar-refractivity contribution in [2.24, 2.45) is 0 Å². The highest BCUT2D eigenvalue weighted by molar-refractivity contribution is 6.31. The highest BCUT2D eigenvalue weighted by Crippen LogP contribution is 2.39. The van der Waals surface area contributed by atoms with Crippen molar-refractivity contribution >= 4 is 11.6 Å². The third-order valence-electron chi connectivity index (χ3n) is 3.00. The number of rotatable bonds is 3. The van der Waals surface area contributed by atoms with Crippen LogP contribution in [-0.2, 0) is 21.8 Å². The minimum absolute atomic E-state index is 0.00349. The van der Waals surface area contributed by atoms with Crippen molar-refractivity contribution < 1.29 is 9.47 Å². The number of aromatic nitrogens is 3. The molecule has 0 N–H and O–H groups in total. The van der Waals surface area contributed by atoms with Crippen LogP contribution < -0.4 is 0 Å². The number of halogens is 1. The molecule has 2 atom stereocenters. The number of hydrogen-bond donors (Lipinski definition) is 0. The van der Waals surface area contributed by atoms with Crippen molar-refractivity contribution in [3.05, 3.63) is 47.5 Å². The van der Waals surface area contributed by atoms with E-state index in [1.165, 1.54) is 6.33 Å². The van der Waals surface area contributed by atoms with Crippen molar-refractivity contribution in [3.8, 4) is 0 Å². The van der Waals surface area contributed by atoms with Gasteiger partial charge in [-0.15, -0.1) is 0 Å². The Balaban J connectivity index is 2.00. The van der Waals surface area contributed by atoms with Gasteiger partial charge in [0.1, 0.15) is 19.2 Å². The summed E-state index contributed by atoms with van der Waals surface area (Å²) in [6.07, 6.45) is 3.11. The van der Waals surface area contributed by atoms with Crippen LogP contribution in [0.2, 0.25) is 5.02 Å². The van der Waals surface area contributed by atoms with E-state index in [1.807, 2.05) is 13.0 Å². The van der Waals surface area contributed by atoms with Gasteiger partial charge in [-0.1, -0.05) is 23.7 Å². The summed E-state index contributed by atoms with van der Waals surface area (Å²) >= 11 is 6.25. The van der Waals surface area contributed by atoms with Crippen molar-refractivity contribution in [3.63, 3.8) is 0 Å². The first-order chi connectivity index (χ1) is 9.20. The zero-order valence-electron chi connectivity index (χ0n) is 10.4. The minimum atomic E-state index is -0.917. The van der Waals surface area contributed by atoms with E-state index in [-0.39, 0.29) is 6.10 Å². The maximum Gasteiger partial charge on any atom is 0.217 e. The Kier molecular flexibility index (Phi) is 3.26. The summed E-state index contributed by atoms with van der Waals surface area (Å²) in [5.41, 5.74) is 0.785. The fourth-order valence-corrected chi connectivity index (χ4v) is 2.47. The first-order valence-corrected chi connectivity index (χ1v) is 6.38. The van der Waals surface area contributed by atoms with Crippen molar-refractivity contribution in [2.75, 3.05) is 6.61 Å². The Morgan fingerprint density at radius 2 is 2.53 bits per heavy atom.